The van der Waals surface area contributed by atoms with Gasteiger partial charge >= 0.3 is 0 Å². The second-order valence-corrected chi connectivity index (χ2v) is 7.38. The molecule has 0 spiro atoms. The molecule has 1 fully saturated rings. The van der Waals surface area contributed by atoms with Crippen LogP contribution in [-0.4, -0.2) is 0 Å². The zero-order valence-corrected chi connectivity index (χ0v) is 13.6. The molecule has 1 saturated carbocycles. The summed E-state index contributed by atoms with van der Waals surface area (Å²) in [6.45, 7) is 13.7. The normalized spacial score (nSPS) is 19.7. The molecule has 2 heteroatoms. The van der Waals surface area contributed by atoms with Crippen LogP contribution in [0.25, 0.3) is 0 Å². The van der Waals surface area contributed by atoms with Crippen molar-refractivity contribution >= 4 is 11.6 Å². The minimum atomic E-state index is 0.615. The molecule has 104 valence electrons. The van der Waals surface area contributed by atoms with Crippen molar-refractivity contribution in [3.8, 4) is 6.07 Å². The molecule has 0 amide bonds. The van der Waals surface area contributed by atoms with Gasteiger partial charge in [-0.3, -0.25) is 0 Å². The Hall–Kier alpha value is -1.00. The van der Waals surface area contributed by atoms with E-state index < -0.39 is 0 Å². The van der Waals surface area contributed by atoms with Crippen LogP contribution in [0.1, 0.15) is 52.2 Å². The van der Waals surface area contributed by atoms with Crippen molar-refractivity contribution in [3.05, 3.63) is 34.3 Å². The van der Waals surface area contributed by atoms with E-state index >= 15 is 0 Å². The zero-order valence-electron chi connectivity index (χ0n) is 12.8. The highest BCUT2D eigenvalue weighted by atomic mass is 35.5. The molecule has 0 radical (unpaired) electrons. The smallest absolute Gasteiger partial charge is 0.0994 e. The monoisotopic (exact) mass is 277 g/mol. The van der Waals surface area contributed by atoms with Crippen molar-refractivity contribution in [3.63, 3.8) is 0 Å². The lowest BCUT2D eigenvalue weighted by Gasteiger charge is -2.56. The molecule has 19 heavy (non-hydrogen) atoms. The summed E-state index contributed by atoms with van der Waals surface area (Å²) in [5, 5.41) is 9.19. The largest absolute Gasteiger partial charge is 0.192 e. The van der Waals surface area contributed by atoms with Gasteiger partial charge < -0.3 is 0 Å². The molecule has 0 unspecified atom stereocenters. The van der Waals surface area contributed by atoms with Gasteiger partial charge in [-0.1, -0.05) is 46.2 Å². The molecule has 0 aromatic heterocycles. The zero-order chi connectivity index (χ0) is 14.8. The lowest BCUT2D eigenvalue weighted by Crippen LogP contribution is -2.48. The molecule has 0 N–H and O–H groups in total. The summed E-state index contributed by atoms with van der Waals surface area (Å²) >= 11 is 5.66. The first-order chi connectivity index (χ1) is 8.60. The molecule has 0 heterocycles. The molecule has 1 aliphatic rings. The molecular weight excluding hydrogens is 254 g/mol. The number of rotatable bonds is 0. The maximum Gasteiger partial charge on any atom is 0.0994 e. The fourth-order valence-electron chi connectivity index (χ4n) is 3.16. The Morgan fingerprint density at radius 2 is 1.74 bits per heavy atom. The van der Waals surface area contributed by atoms with Gasteiger partial charge in [0.25, 0.3) is 0 Å². The Kier molecular flexibility index (Phi) is 4.69. The summed E-state index contributed by atoms with van der Waals surface area (Å²) in [6, 6.07) is 7.28. The van der Waals surface area contributed by atoms with E-state index in [1.807, 2.05) is 6.92 Å². The third-order valence-corrected chi connectivity index (χ3v) is 4.80. The molecule has 2 rings (SSSR count). The fourth-order valence-corrected chi connectivity index (χ4v) is 3.39. The third-order valence-electron chi connectivity index (χ3n) is 4.56. The number of hydrogen-bond donors (Lipinski definition) is 0. The molecule has 0 saturated heterocycles. The second kappa shape index (κ2) is 5.55. The van der Waals surface area contributed by atoms with E-state index in [4.69, 9.17) is 16.9 Å². The first-order valence-electron chi connectivity index (χ1n) is 6.76. The number of hydrogen-bond acceptors (Lipinski definition) is 1. The highest BCUT2D eigenvalue weighted by Gasteiger charge is 2.49. The molecule has 0 aliphatic heterocycles. The maximum atomic E-state index is 8.52. The summed E-state index contributed by atoms with van der Waals surface area (Å²) in [5.74, 6) is 0.894. The van der Waals surface area contributed by atoms with Crippen molar-refractivity contribution in [1.82, 2.24) is 0 Å². The van der Waals surface area contributed by atoms with Gasteiger partial charge in [-0.25, -0.2) is 0 Å². The van der Waals surface area contributed by atoms with E-state index in [0.29, 0.717) is 21.4 Å². The van der Waals surface area contributed by atoms with E-state index in [1.165, 1.54) is 6.42 Å². The van der Waals surface area contributed by atoms with Gasteiger partial charge in [-0.15, -0.1) is 0 Å². The molecule has 0 bridgehead atoms. The molecule has 1 aromatic carbocycles. The van der Waals surface area contributed by atoms with E-state index in [1.54, 1.807) is 18.2 Å². The van der Waals surface area contributed by atoms with Gasteiger partial charge in [-0.05, 0) is 53.9 Å². The van der Waals surface area contributed by atoms with Crippen molar-refractivity contribution < 1.29 is 0 Å². The summed E-state index contributed by atoms with van der Waals surface area (Å²) < 4.78 is 0. The van der Waals surface area contributed by atoms with Crippen molar-refractivity contribution in [2.75, 3.05) is 0 Å². The third kappa shape index (κ3) is 3.74. The number of aryl methyl sites for hydroxylation is 1. The number of nitrogens with zero attached hydrogens (tertiary/aromatic N) is 1. The van der Waals surface area contributed by atoms with Crippen molar-refractivity contribution in [1.29, 1.82) is 5.26 Å². The SMILES string of the molecule is CC1C(C)(C)CC1(C)C.Cc1cc(Cl)ccc1C#N. The molecular formula is C17H24ClN. The van der Waals surface area contributed by atoms with Crippen LogP contribution in [-0.2, 0) is 0 Å². The Bertz CT molecular complexity index is 480. The van der Waals surface area contributed by atoms with E-state index in [-0.39, 0.29) is 0 Å². The van der Waals surface area contributed by atoms with Crippen LogP contribution in [0.3, 0.4) is 0 Å². The summed E-state index contributed by atoms with van der Waals surface area (Å²) in [6.07, 6.45) is 1.39. The number of nitriles is 1. The summed E-state index contributed by atoms with van der Waals surface area (Å²) in [4.78, 5) is 0. The van der Waals surface area contributed by atoms with E-state index in [9.17, 15) is 0 Å². The van der Waals surface area contributed by atoms with Gasteiger partial charge in [-0.2, -0.15) is 5.26 Å². The lowest BCUT2D eigenvalue weighted by atomic mass is 9.49. The molecule has 1 aromatic rings. The van der Waals surface area contributed by atoms with Gasteiger partial charge in [0.15, 0.2) is 0 Å². The Morgan fingerprint density at radius 1 is 1.21 bits per heavy atom. The average Bonchev–Trinajstić information content (AvgIpc) is 2.28. The molecule has 0 atom stereocenters. The second-order valence-electron chi connectivity index (χ2n) is 6.95. The number of benzene rings is 1. The van der Waals surface area contributed by atoms with Crippen LogP contribution >= 0.6 is 11.6 Å². The topological polar surface area (TPSA) is 23.8 Å². The van der Waals surface area contributed by atoms with Crippen LogP contribution < -0.4 is 0 Å². The van der Waals surface area contributed by atoms with Crippen molar-refractivity contribution in [2.24, 2.45) is 16.7 Å². The number of halogens is 1. The van der Waals surface area contributed by atoms with E-state index in [0.717, 1.165) is 11.5 Å². The molecule has 1 nitrogen and oxygen atoms in total. The predicted octanol–water partition coefficient (Wildman–Crippen LogP) is 5.60. The van der Waals surface area contributed by atoms with Gasteiger partial charge in [0.05, 0.1) is 11.6 Å². The lowest BCUT2D eigenvalue weighted by molar-refractivity contribution is -0.0671. The predicted molar refractivity (Wildman–Crippen MR) is 82.2 cm³/mol. The standard InChI is InChI=1S/C9H18.C8H6ClN/c1-7-8(2,3)6-9(7,4)5;1-6-4-8(9)3-2-7(6)5-10/h7H,6H2,1-5H3;2-4H,1H3. The Balaban J connectivity index is 0.000000191. The highest BCUT2D eigenvalue weighted by Crippen LogP contribution is 2.58. The van der Waals surface area contributed by atoms with Gasteiger partial charge in [0.2, 0.25) is 0 Å². The van der Waals surface area contributed by atoms with E-state index in [2.05, 4.69) is 40.7 Å². The Labute approximate surface area is 122 Å². The fraction of sp³-hybridized carbons (Fsp3) is 0.588. The van der Waals surface area contributed by atoms with Crippen LogP contribution in [0, 0.1) is 35.0 Å². The van der Waals surface area contributed by atoms with Crippen LogP contribution in [0.4, 0.5) is 0 Å². The minimum Gasteiger partial charge on any atom is -0.192 e. The quantitative estimate of drug-likeness (QED) is 0.606. The van der Waals surface area contributed by atoms with Crippen LogP contribution in [0.15, 0.2) is 18.2 Å². The van der Waals surface area contributed by atoms with Crippen LogP contribution in [0.5, 0.6) is 0 Å². The van der Waals surface area contributed by atoms with Gasteiger partial charge in [0, 0.05) is 5.02 Å². The molecule has 1 aliphatic carbocycles. The van der Waals surface area contributed by atoms with Gasteiger partial charge in [0.1, 0.15) is 0 Å². The van der Waals surface area contributed by atoms with Crippen molar-refractivity contribution in [2.45, 2.75) is 48.0 Å². The average molecular weight is 278 g/mol. The first-order valence-corrected chi connectivity index (χ1v) is 7.14. The van der Waals surface area contributed by atoms with Crippen LogP contribution in [0.2, 0.25) is 5.02 Å². The highest BCUT2D eigenvalue weighted by molar-refractivity contribution is 6.30. The summed E-state index contributed by atoms with van der Waals surface area (Å²) in [5.41, 5.74) is 2.84. The maximum absolute atomic E-state index is 8.52. The minimum absolute atomic E-state index is 0.615. The first kappa shape index (κ1) is 16.1. The Morgan fingerprint density at radius 3 is 2.00 bits per heavy atom. The summed E-state index contributed by atoms with van der Waals surface area (Å²) in [7, 11) is 0.